The number of benzene rings is 1. The second-order valence-corrected chi connectivity index (χ2v) is 6.07. The molecule has 1 aromatic carbocycles. The van der Waals surface area contributed by atoms with Crippen molar-refractivity contribution in [3.05, 3.63) is 34.9 Å². The van der Waals surface area contributed by atoms with Crippen molar-refractivity contribution in [3.8, 4) is 0 Å². The van der Waals surface area contributed by atoms with E-state index in [-0.39, 0.29) is 5.91 Å². The van der Waals surface area contributed by atoms with Crippen LogP contribution < -0.4 is 5.32 Å². The highest BCUT2D eigenvalue weighted by Gasteiger charge is 2.09. The molecule has 1 aliphatic rings. The standard InChI is InChI=1S/C17H25ClN2O2/c18-16-6-3-15(4-7-16)5-8-17(21)19-9-1-2-10-20-11-13-22-14-12-20/h3-4,6-7H,1-2,5,8-14H2,(H,19,21). The third-order valence-electron chi connectivity index (χ3n) is 3.88. The van der Waals surface area contributed by atoms with Crippen LogP contribution in [0.2, 0.25) is 5.02 Å². The number of nitrogens with one attached hydrogen (secondary N) is 1. The van der Waals surface area contributed by atoms with E-state index in [1.807, 2.05) is 24.3 Å². The zero-order chi connectivity index (χ0) is 15.6. The fraction of sp³-hybridized carbons (Fsp3) is 0.588. The monoisotopic (exact) mass is 324 g/mol. The number of carbonyl (C=O) groups is 1. The summed E-state index contributed by atoms with van der Waals surface area (Å²) in [6.07, 6.45) is 3.45. The van der Waals surface area contributed by atoms with Gasteiger partial charge in [-0.05, 0) is 43.5 Å². The first-order chi connectivity index (χ1) is 10.7. The molecule has 1 aromatic rings. The lowest BCUT2D eigenvalue weighted by Gasteiger charge is -2.26. The number of hydrogen-bond donors (Lipinski definition) is 1. The Morgan fingerprint density at radius 2 is 1.91 bits per heavy atom. The van der Waals surface area contributed by atoms with Gasteiger partial charge in [-0.15, -0.1) is 0 Å². The van der Waals surface area contributed by atoms with Crippen LogP contribution >= 0.6 is 11.6 Å². The number of ether oxygens (including phenoxy) is 1. The molecule has 5 heteroatoms. The Kier molecular flexibility index (Phi) is 7.71. The van der Waals surface area contributed by atoms with Crippen molar-refractivity contribution in [2.75, 3.05) is 39.4 Å². The molecule has 22 heavy (non-hydrogen) atoms. The largest absolute Gasteiger partial charge is 0.379 e. The summed E-state index contributed by atoms with van der Waals surface area (Å²) in [4.78, 5) is 14.2. The topological polar surface area (TPSA) is 41.6 Å². The average molecular weight is 325 g/mol. The van der Waals surface area contributed by atoms with Crippen molar-refractivity contribution in [2.45, 2.75) is 25.7 Å². The highest BCUT2D eigenvalue weighted by molar-refractivity contribution is 6.30. The van der Waals surface area contributed by atoms with Gasteiger partial charge in [0.05, 0.1) is 13.2 Å². The van der Waals surface area contributed by atoms with E-state index in [0.717, 1.165) is 69.2 Å². The Bertz CT molecular complexity index is 444. The van der Waals surface area contributed by atoms with Crippen molar-refractivity contribution in [1.29, 1.82) is 0 Å². The van der Waals surface area contributed by atoms with Crippen LogP contribution in [-0.4, -0.2) is 50.2 Å². The molecular formula is C17H25ClN2O2. The zero-order valence-corrected chi connectivity index (χ0v) is 13.8. The minimum Gasteiger partial charge on any atom is -0.379 e. The van der Waals surface area contributed by atoms with Gasteiger partial charge in [-0.25, -0.2) is 0 Å². The number of nitrogens with zero attached hydrogens (tertiary/aromatic N) is 1. The fourth-order valence-electron chi connectivity index (χ4n) is 2.51. The minimum atomic E-state index is 0.126. The Balaban J connectivity index is 1.49. The second kappa shape index (κ2) is 9.82. The Labute approximate surface area is 137 Å². The zero-order valence-electron chi connectivity index (χ0n) is 13.0. The number of carbonyl (C=O) groups excluding carboxylic acids is 1. The van der Waals surface area contributed by atoms with Crippen molar-refractivity contribution >= 4 is 17.5 Å². The molecule has 0 radical (unpaired) electrons. The molecule has 1 N–H and O–H groups in total. The third kappa shape index (κ3) is 6.77. The number of hydrogen-bond acceptors (Lipinski definition) is 3. The number of aryl methyl sites for hydroxylation is 1. The molecule has 0 spiro atoms. The van der Waals surface area contributed by atoms with Crippen LogP contribution in [0.25, 0.3) is 0 Å². The third-order valence-corrected chi connectivity index (χ3v) is 4.13. The van der Waals surface area contributed by atoms with Crippen molar-refractivity contribution in [3.63, 3.8) is 0 Å². The van der Waals surface area contributed by atoms with Crippen molar-refractivity contribution in [1.82, 2.24) is 10.2 Å². The van der Waals surface area contributed by atoms with Crippen molar-refractivity contribution < 1.29 is 9.53 Å². The van der Waals surface area contributed by atoms with Crippen LogP contribution in [0.1, 0.15) is 24.8 Å². The maximum Gasteiger partial charge on any atom is 0.220 e. The van der Waals surface area contributed by atoms with Crippen LogP contribution in [0.15, 0.2) is 24.3 Å². The highest BCUT2D eigenvalue weighted by atomic mass is 35.5. The van der Waals surface area contributed by atoms with Gasteiger partial charge < -0.3 is 10.1 Å². The molecule has 122 valence electrons. The quantitative estimate of drug-likeness (QED) is 0.747. The summed E-state index contributed by atoms with van der Waals surface area (Å²) in [6, 6.07) is 7.66. The molecule has 0 unspecified atom stereocenters. The van der Waals surface area contributed by atoms with Gasteiger partial charge in [0.25, 0.3) is 0 Å². The molecule has 1 heterocycles. The predicted octanol–water partition coefficient (Wildman–Crippen LogP) is 2.50. The van der Waals surface area contributed by atoms with E-state index in [1.165, 1.54) is 0 Å². The van der Waals surface area contributed by atoms with Gasteiger partial charge >= 0.3 is 0 Å². The van der Waals surface area contributed by atoms with E-state index in [9.17, 15) is 4.79 Å². The molecule has 1 amide bonds. The molecule has 1 fully saturated rings. The van der Waals surface area contributed by atoms with Crippen molar-refractivity contribution in [2.24, 2.45) is 0 Å². The lowest BCUT2D eigenvalue weighted by Crippen LogP contribution is -2.37. The summed E-state index contributed by atoms with van der Waals surface area (Å²) in [5, 5.41) is 3.72. The van der Waals surface area contributed by atoms with E-state index >= 15 is 0 Å². The summed E-state index contributed by atoms with van der Waals surface area (Å²) < 4.78 is 5.32. The molecule has 4 nitrogen and oxygen atoms in total. The first-order valence-electron chi connectivity index (χ1n) is 8.05. The van der Waals surface area contributed by atoms with Crippen LogP contribution in [0.5, 0.6) is 0 Å². The summed E-state index contributed by atoms with van der Waals surface area (Å²) in [7, 11) is 0. The normalized spacial score (nSPS) is 15.7. The Hall–Kier alpha value is -1.10. The molecule has 1 saturated heterocycles. The van der Waals surface area contributed by atoms with Gasteiger partial charge in [-0.2, -0.15) is 0 Å². The van der Waals surface area contributed by atoms with Gasteiger partial charge in [0, 0.05) is 31.1 Å². The molecule has 2 rings (SSSR count). The van der Waals surface area contributed by atoms with Gasteiger partial charge in [0.15, 0.2) is 0 Å². The van der Waals surface area contributed by atoms with Gasteiger partial charge in [-0.3, -0.25) is 9.69 Å². The summed E-state index contributed by atoms with van der Waals surface area (Å²) in [6.45, 7) is 5.64. The van der Waals surface area contributed by atoms with Gasteiger partial charge in [0.1, 0.15) is 0 Å². The summed E-state index contributed by atoms with van der Waals surface area (Å²) >= 11 is 5.84. The molecule has 0 aromatic heterocycles. The fourth-order valence-corrected chi connectivity index (χ4v) is 2.64. The summed E-state index contributed by atoms with van der Waals surface area (Å²) in [5.41, 5.74) is 1.15. The summed E-state index contributed by atoms with van der Waals surface area (Å²) in [5.74, 6) is 0.126. The second-order valence-electron chi connectivity index (χ2n) is 5.64. The molecule has 0 atom stereocenters. The Morgan fingerprint density at radius 3 is 2.64 bits per heavy atom. The van der Waals surface area contributed by atoms with E-state index in [4.69, 9.17) is 16.3 Å². The number of morpholine rings is 1. The van der Waals surface area contributed by atoms with Crippen LogP contribution in [0.4, 0.5) is 0 Å². The smallest absolute Gasteiger partial charge is 0.220 e. The maximum atomic E-state index is 11.8. The average Bonchev–Trinajstić information content (AvgIpc) is 2.55. The van der Waals surface area contributed by atoms with Gasteiger partial charge in [0.2, 0.25) is 5.91 Å². The van der Waals surface area contributed by atoms with Crippen LogP contribution in [0.3, 0.4) is 0 Å². The Morgan fingerprint density at radius 1 is 1.18 bits per heavy atom. The van der Waals surface area contributed by atoms with Gasteiger partial charge in [-0.1, -0.05) is 23.7 Å². The lowest BCUT2D eigenvalue weighted by molar-refractivity contribution is -0.121. The van der Waals surface area contributed by atoms with Crippen LogP contribution in [0, 0.1) is 0 Å². The van der Waals surface area contributed by atoms with E-state index in [1.54, 1.807) is 0 Å². The predicted molar refractivity (Wildman–Crippen MR) is 89.3 cm³/mol. The van der Waals surface area contributed by atoms with E-state index < -0.39 is 0 Å². The lowest BCUT2D eigenvalue weighted by atomic mass is 10.1. The van der Waals surface area contributed by atoms with Crippen LogP contribution in [-0.2, 0) is 16.0 Å². The first-order valence-corrected chi connectivity index (χ1v) is 8.43. The first kappa shape index (κ1) is 17.3. The molecular weight excluding hydrogens is 300 g/mol. The number of rotatable bonds is 8. The molecule has 1 aliphatic heterocycles. The maximum absolute atomic E-state index is 11.8. The van der Waals surface area contributed by atoms with E-state index in [0.29, 0.717) is 6.42 Å². The number of halogens is 1. The van der Waals surface area contributed by atoms with E-state index in [2.05, 4.69) is 10.2 Å². The molecule has 0 aliphatic carbocycles. The molecule has 0 bridgehead atoms. The highest BCUT2D eigenvalue weighted by Crippen LogP contribution is 2.10. The number of unbranched alkanes of at least 4 members (excludes halogenated alkanes) is 1. The molecule has 0 saturated carbocycles. The SMILES string of the molecule is O=C(CCc1ccc(Cl)cc1)NCCCCN1CCOCC1. The minimum absolute atomic E-state index is 0.126. The number of amides is 1.